The highest BCUT2D eigenvalue weighted by atomic mass is 19.1. The number of ether oxygens (including phenoxy) is 1. The zero-order chi connectivity index (χ0) is 13.1. The molecule has 0 saturated heterocycles. The van der Waals surface area contributed by atoms with Crippen LogP contribution in [0.15, 0.2) is 30.3 Å². The molecule has 3 nitrogen and oxygen atoms in total. The van der Waals surface area contributed by atoms with Crippen LogP contribution >= 0.6 is 0 Å². The van der Waals surface area contributed by atoms with Gasteiger partial charge in [-0.05, 0) is 49.2 Å². The molecular weight excluding hydrogens is 233 g/mol. The number of hydrogen-bond donors (Lipinski definition) is 1. The number of pyridine rings is 1. The van der Waals surface area contributed by atoms with Crippen molar-refractivity contribution in [2.45, 2.75) is 20.5 Å². The number of halogens is 1. The molecule has 1 heterocycles. The van der Waals surface area contributed by atoms with Gasteiger partial charge in [0.15, 0.2) is 0 Å². The minimum absolute atomic E-state index is 0.0469. The Kier molecular flexibility index (Phi) is 3.58. The lowest BCUT2D eigenvalue weighted by Crippen LogP contribution is -1.95. The Bertz CT molecular complexity index is 570. The fourth-order valence-electron chi connectivity index (χ4n) is 1.59. The summed E-state index contributed by atoms with van der Waals surface area (Å²) >= 11 is 0. The Morgan fingerprint density at radius 3 is 2.61 bits per heavy atom. The molecule has 0 aliphatic heterocycles. The molecule has 4 heteroatoms. The van der Waals surface area contributed by atoms with E-state index in [4.69, 9.17) is 9.84 Å². The summed E-state index contributed by atoms with van der Waals surface area (Å²) in [5.74, 6) is 0.704. The first-order valence-corrected chi connectivity index (χ1v) is 5.61. The van der Waals surface area contributed by atoms with Crippen molar-refractivity contribution in [2.75, 3.05) is 0 Å². The lowest BCUT2D eigenvalue weighted by atomic mass is 10.2. The molecule has 1 N–H and O–H groups in total. The van der Waals surface area contributed by atoms with Crippen LogP contribution in [0, 0.1) is 19.7 Å². The van der Waals surface area contributed by atoms with Gasteiger partial charge in [0.1, 0.15) is 11.6 Å². The number of hydrogen-bond acceptors (Lipinski definition) is 3. The van der Waals surface area contributed by atoms with Crippen molar-refractivity contribution < 1.29 is 14.2 Å². The number of benzene rings is 1. The van der Waals surface area contributed by atoms with Crippen LogP contribution in [0.2, 0.25) is 0 Å². The molecule has 0 amide bonds. The third kappa shape index (κ3) is 2.65. The average Bonchev–Trinajstić information content (AvgIpc) is 2.34. The number of aromatic nitrogens is 1. The normalized spacial score (nSPS) is 10.4. The Labute approximate surface area is 105 Å². The topological polar surface area (TPSA) is 42.4 Å². The highest BCUT2D eigenvalue weighted by Gasteiger charge is 2.04. The standard InChI is InChI=1S/C14H14FNO2/c1-9-7-12(4-5-13(9)15)18-14-6-3-11(8-17)10(2)16-14/h3-7,17H,8H2,1-2H3. The van der Waals surface area contributed by atoms with E-state index in [9.17, 15) is 4.39 Å². The molecule has 0 unspecified atom stereocenters. The molecule has 0 spiro atoms. The fourth-order valence-corrected chi connectivity index (χ4v) is 1.59. The van der Waals surface area contributed by atoms with E-state index in [0.29, 0.717) is 22.9 Å². The second-order valence-corrected chi connectivity index (χ2v) is 4.07. The summed E-state index contributed by atoms with van der Waals surface area (Å²) in [6.07, 6.45) is 0. The molecule has 18 heavy (non-hydrogen) atoms. The Balaban J connectivity index is 2.23. The number of aliphatic hydroxyl groups excluding tert-OH is 1. The van der Waals surface area contributed by atoms with Crippen molar-refractivity contribution in [1.29, 1.82) is 0 Å². The number of nitrogens with zero attached hydrogens (tertiary/aromatic N) is 1. The Morgan fingerprint density at radius 2 is 2.00 bits per heavy atom. The fraction of sp³-hybridized carbons (Fsp3) is 0.214. The van der Waals surface area contributed by atoms with Crippen molar-refractivity contribution in [3.05, 3.63) is 53.0 Å². The highest BCUT2D eigenvalue weighted by molar-refractivity contribution is 5.33. The van der Waals surface area contributed by atoms with Crippen LogP contribution in [0.25, 0.3) is 0 Å². The minimum Gasteiger partial charge on any atom is -0.439 e. The van der Waals surface area contributed by atoms with Crippen LogP contribution in [0.1, 0.15) is 16.8 Å². The van der Waals surface area contributed by atoms with Gasteiger partial charge in [-0.3, -0.25) is 0 Å². The van der Waals surface area contributed by atoms with E-state index < -0.39 is 0 Å². The van der Waals surface area contributed by atoms with Crippen molar-refractivity contribution >= 4 is 0 Å². The van der Waals surface area contributed by atoms with Gasteiger partial charge in [0.05, 0.1) is 6.61 Å². The van der Waals surface area contributed by atoms with Gasteiger partial charge in [-0.1, -0.05) is 0 Å². The molecule has 0 radical (unpaired) electrons. The molecule has 0 fully saturated rings. The molecule has 0 aliphatic rings. The molecule has 1 aromatic carbocycles. The molecule has 0 atom stereocenters. The van der Waals surface area contributed by atoms with Crippen LogP contribution in [-0.4, -0.2) is 10.1 Å². The van der Waals surface area contributed by atoms with Crippen LogP contribution in [0.3, 0.4) is 0 Å². The maximum absolute atomic E-state index is 13.1. The van der Waals surface area contributed by atoms with Crippen molar-refractivity contribution in [1.82, 2.24) is 4.98 Å². The third-order valence-corrected chi connectivity index (χ3v) is 2.69. The van der Waals surface area contributed by atoms with Gasteiger partial charge in [0.25, 0.3) is 0 Å². The van der Waals surface area contributed by atoms with Crippen LogP contribution in [0.4, 0.5) is 4.39 Å². The van der Waals surface area contributed by atoms with E-state index >= 15 is 0 Å². The van der Waals surface area contributed by atoms with Gasteiger partial charge in [-0.25, -0.2) is 9.37 Å². The Morgan fingerprint density at radius 1 is 1.22 bits per heavy atom. The van der Waals surface area contributed by atoms with Gasteiger partial charge in [-0.15, -0.1) is 0 Å². The maximum atomic E-state index is 13.1. The van der Waals surface area contributed by atoms with Gasteiger partial charge in [0, 0.05) is 11.8 Å². The number of aliphatic hydroxyl groups is 1. The first-order chi connectivity index (χ1) is 8.60. The van der Waals surface area contributed by atoms with Crippen LogP contribution < -0.4 is 4.74 Å². The summed E-state index contributed by atoms with van der Waals surface area (Å²) < 4.78 is 18.6. The Hall–Kier alpha value is -1.94. The molecule has 0 aliphatic carbocycles. The smallest absolute Gasteiger partial charge is 0.219 e. The van der Waals surface area contributed by atoms with Gasteiger partial charge >= 0.3 is 0 Å². The minimum atomic E-state index is -0.262. The van der Waals surface area contributed by atoms with Crippen molar-refractivity contribution in [3.8, 4) is 11.6 Å². The summed E-state index contributed by atoms with van der Waals surface area (Å²) in [5, 5.41) is 9.04. The van der Waals surface area contributed by atoms with E-state index in [1.165, 1.54) is 6.07 Å². The number of rotatable bonds is 3. The molecular formula is C14H14FNO2. The molecule has 2 aromatic rings. The highest BCUT2D eigenvalue weighted by Crippen LogP contribution is 2.22. The number of aryl methyl sites for hydroxylation is 2. The molecule has 0 saturated carbocycles. The van der Waals surface area contributed by atoms with E-state index in [0.717, 1.165) is 5.56 Å². The van der Waals surface area contributed by atoms with Crippen LogP contribution in [0.5, 0.6) is 11.6 Å². The lowest BCUT2D eigenvalue weighted by Gasteiger charge is -2.08. The monoisotopic (exact) mass is 247 g/mol. The quantitative estimate of drug-likeness (QED) is 0.906. The lowest BCUT2D eigenvalue weighted by molar-refractivity contribution is 0.280. The summed E-state index contributed by atoms with van der Waals surface area (Å²) in [6, 6.07) is 7.97. The van der Waals surface area contributed by atoms with Crippen LogP contribution in [-0.2, 0) is 6.61 Å². The average molecular weight is 247 g/mol. The zero-order valence-corrected chi connectivity index (χ0v) is 10.3. The molecule has 0 bridgehead atoms. The predicted octanol–water partition coefficient (Wildman–Crippen LogP) is 3.12. The maximum Gasteiger partial charge on any atom is 0.219 e. The van der Waals surface area contributed by atoms with Crippen molar-refractivity contribution in [3.63, 3.8) is 0 Å². The van der Waals surface area contributed by atoms with Crippen molar-refractivity contribution in [2.24, 2.45) is 0 Å². The third-order valence-electron chi connectivity index (χ3n) is 2.69. The second-order valence-electron chi connectivity index (χ2n) is 4.07. The van der Waals surface area contributed by atoms with Gasteiger partial charge in [0.2, 0.25) is 5.88 Å². The summed E-state index contributed by atoms with van der Waals surface area (Å²) in [7, 11) is 0. The van der Waals surface area contributed by atoms with E-state index in [1.807, 2.05) is 0 Å². The summed E-state index contributed by atoms with van der Waals surface area (Å²) in [4.78, 5) is 4.22. The predicted molar refractivity (Wildman–Crippen MR) is 66.1 cm³/mol. The summed E-state index contributed by atoms with van der Waals surface area (Å²) in [5.41, 5.74) is 2.00. The first-order valence-electron chi connectivity index (χ1n) is 5.61. The zero-order valence-electron chi connectivity index (χ0n) is 10.3. The SMILES string of the molecule is Cc1cc(Oc2ccc(CO)c(C)n2)ccc1F. The second kappa shape index (κ2) is 5.14. The summed E-state index contributed by atoms with van der Waals surface area (Å²) in [6.45, 7) is 3.43. The largest absolute Gasteiger partial charge is 0.439 e. The van der Waals surface area contributed by atoms with E-state index in [2.05, 4.69) is 4.98 Å². The van der Waals surface area contributed by atoms with E-state index in [-0.39, 0.29) is 12.4 Å². The first kappa shape index (κ1) is 12.5. The van der Waals surface area contributed by atoms with Gasteiger partial charge in [-0.2, -0.15) is 0 Å². The molecule has 1 aromatic heterocycles. The van der Waals surface area contributed by atoms with E-state index in [1.54, 1.807) is 38.1 Å². The molecule has 94 valence electrons. The van der Waals surface area contributed by atoms with Gasteiger partial charge < -0.3 is 9.84 Å². The molecule has 2 rings (SSSR count).